The third-order valence-corrected chi connectivity index (χ3v) is 3.79. The van der Waals surface area contributed by atoms with E-state index in [0.29, 0.717) is 13.0 Å². The first-order valence-corrected chi connectivity index (χ1v) is 8.89. The molecule has 0 aliphatic carbocycles. The standard InChI is InChI=1S/C19H29N5O2/c1-14(2)26-16-7-6-15(3)22-23-17(9-8-16)18-12-19(21-13-20-18)24(4)10-11-25-5/h6-8,12-15,22H,9-11H2,1-5H3/b7-6-,16-8+,23-17+. The summed E-state index contributed by atoms with van der Waals surface area (Å²) < 4.78 is 11.0. The number of nitrogens with zero attached hydrogens (tertiary/aromatic N) is 4. The van der Waals surface area contributed by atoms with Gasteiger partial charge in [-0.2, -0.15) is 5.10 Å². The van der Waals surface area contributed by atoms with Crippen molar-refractivity contribution >= 4 is 11.5 Å². The van der Waals surface area contributed by atoms with Crippen LogP contribution in [-0.4, -0.2) is 55.1 Å². The molecule has 7 nitrogen and oxygen atoms in total. The van der Waals surface area contributed by atoms with Crippen LogP contribution in [0.2, 0.25) is 0 Å². The van der Waals surface area contributed by atoms with E-state index in [-0.39, 0.29) is 12.1 Å². The molecule has 1 unspecified atom stereocenters. The van der Waals surface area contributed by atoms with Gasteiger partial charge >= 0.3 is 0 Å². The molecule has 0 fully saturated rings. The summed E-state index contributed by atoms with van der Waals surface area (Å²) >= 11 is 0. The molecule has 0 spiro atoms. The van der Waals surface area contributed by atoms with E-state index in [1.807, 2.05) is 57.0 Å². The normalized spacial score (nSPS) is 22.8. The molecule has 2 rings (SSSR count). The van der Waals surface area contributed by atoms with Gasteiger partial charge in [0, 0.05) is 33.2 Å². The molecule has 0 saturated carbocycles. The van der Waals surface area contributed by atoms with Crippen LogP contribution in [0.4, 0.5) is 5.82 Å². The Labute approximate surface area is 155 Å². The number of hydrogen-bond acceptors (Lipinski definition) is 7. The van der Waals surface area contributed by atoms with Gasteiger partial charge in [-0.25, -0.2) is 9.97 Å². The van der Waals surface area contributed by atoms with Crippen molar-refractivity contribution in [2.24, 2.45) is 5.10 Å². The van der Waals surface area contributed by atoms with Crippen LogP contribution in [0.25, 0.3) is 0 Å². The van der Waals surface area contributed by atoms with Crippen molar-refractivity contribution in [1.82, 2.24) is 15.4 Å². The highest BCUT2D eigenvalue weighted by molar-refractivity contribution is 6.00. The Hall–Kier alpha value is -2.41. The first-order chi connectivity index (χ1) is 12.5. The van der Waals surface area contributed by atoms with Gasteiger partial charge in [-0.1, -0.05) is 6.08 Å². The molecule has 0 radical (unpaired) electrons. The molecule has 7 heteroatoms. The third-order valence-electron chi connectivity index (χ3n) is 3.79. The zero-order valence-corrected chi connectivity index (χ0v) is 16.3. The summed E-state index contributed by atoms with van der Waals surface area (Å²) in [6.45, 7) is 7.47. The number of hydrazone groups is 1. The minimum absolute atomic E-state index is 0.0907. The number of nitrogens with one attached hydrogen (secondary N) is 1. The van der Waals surface area contributed by atoms with E-state index in [4.69, 9.17) is 9.47 Å². The van der Waals surface area contributed by atoms with Gasteiger partial charge in [0.1, 0.15) is 17.9 Å². The summed E-state index contributed by atoms with van der Waals surface area (Å²) in [7, 11) is 3.67. The van der Waals surface area contributed by atoms with Gasteiger partial charge < -0.3 is 19.8 Å². The molecular formula is C19H29N5O2. The molecule has 26 heavy (non-hydrogen) atoms. The Morgan fingerprint density at radius 1 is 1.35 bits per heavy atom. The molecule has 0 aromatic carbocycles. The Morgan fingerprint density at radius 3 is 2.88 bits per heavy atom. The smallest absolute Gasteiger partial charge is 0.132 e. The van der Waals surface area contributed by atoms with Crippen molar-refractivity contribution in [2.45, 2.75) is 39.3 Å². The van der Waals surface area contributed by atoms with Crippen LogP contribution in [-0.2, 0) is 9.47 Å². The zero-order valence-electron chi connectivity index (χ0n) is 16.3. The number of anilines is 1. The topological polar surface area (TPSA) is 71.9 Å². The Bertz CT molecular complexity index is 670. The lowest BCUT2D eigenvalue weighted by Gasteiger charge is -2.18. The summed E-state index contributed by atoms with van der Waals surface area (Å²) in [5.74, 6) is 1.68. The van der Waals surface area contributed by atoms with Crippen molar-refractivity contribution < 1.29 is 9.47 Å². The van der Waals surface area contributed by atoms with Gasteiger partial charge in [0.05, 0.1) is 30.2 Å². The van der Waals surface area contributed by atoms with Gasteiger partial charge in [0.25, 0.3) is 0 Å². The Kier molecular flexibility index (Phi) is 7.59. The number of ether oxygens (including phenoxy) is 2. The van der Waals surface area contributed by atoms with Crippen molar-refractivity contribution in [3.8, 4) is 0 Å². The second-order valence-electron chi connectivity index (χ2n) is 6.49. The summed E-state index contributed by atoms with van der Waals surface area (Å²) in [5, 5.41) is 4.55. The molecule has 142 valence electrons. The maximum atomic E-state index is 5.86. The van der Waals surface area contributed by atoms with Crippen LogP contribution in [0.5, 0.6) is 0 Å². The summed E-state index contributed by atoms with van der Waals surface area (Å²) in [4.78, 5) is 10.8. The minimum Gasteiger partial charge on any atom is -0.491 e. The van der Waals surface area contributed by atoms with E-state index in [0.717, 1.165) is 29.5 Å². The van der Waals surface area contributed by atoms with Crippen LogP contribution in [0.1, 0.15) is 32.9 Å². The molecule has 1 atom stereocenters. The van der Waals surface area contributed by atoms with E-state index in [1.165, 1.54) is 0 Å². The van der Waals surface area contributed by atoms with E-state index in [9.17, 15) is 0 Å². The number of aromatic nitrogens is 2. The van der Waals surface area contributed by atoms with Crippen LogP contribution in [0.15, 0.2) is 41.5 Å². The average Bonchev–Trinajstić information content (AvgIpc) is 2.71. The van der Waals surface area contributed by atoms with Crippen LogP contribution in [0, 0.1) is 0 Å². The average molecular weight is 359 g/mol. The fraction of sp³-hybridized carbons (Fsp3) is 0.526. The summed E-state index contributed by atoms with van der Waals surface area (Å²) in [6, 6.07) is 2.04. The summed E-state index contributed by atoms with van der Waals surface area (Å²) in [6.07, 6.45) is 8.36. The highest BCUT2D eigenvalue weighted by Crippen LogP contribution is 2.14. The SMILES string of the molecule is COCCN(C)c1cc(/C2=N/NC(C)/C=C\C(OC(C)C)=C/C2)ncn1. The number of rotatable bonds is 7. The molecule has 1 aromatic heterocycles. The lowest BCUT2D eigenvalue weighted by molar-refractivity contribution is 0.157. The third kappa shape index (κ3) is 6.15. The molecule has 0 bridgehead atoms. The van der Waals surface area contributed by atoms with E-state index in [1.54, 1.807) is 13.4 Å². The second kappa shape index (κ2) is 9.91. The van der Waals surface area contributed by atoms with Crippen molar-refractivity contribution in [3.05, 3.63) is 42.1 Å². The maximum absolute atomic E-state index is 5.86. The molecule has 0 amide bonds. The lowest BCUT2D eigenvalue weighted by Crippen LogP contribution is -2.24. The number of allylic oxidation sites excluding steroid dienone is 2. The zero-order chi connectivity index (χ0) is 18.9. The minimum atomic E-state index is 0.0907. The van der Waals surface area contributed by atoms with Gasteiger partial charge in [0.2, 0.25) is 0 Å². The first-order valence-electron chi connectivity index (χ1n) is 8.89. The van der Waals surface area contributed by atoms with Gasteiger partial charge in [0.15, 0.2) is 0 Å². The molecule has 1 aliphatic heterocycles. The molecular weight excluding hydrogens is 330 g/mol. The van der Waals surface area contributed by atoms with Crippen LogP contribution >= 0.6 is 0 Å². The van der Waals surface area contributed by atoms with E-state index in [2.05, 4.69) is 20.5 Å². The van der Waals surface area contributed by atoms with Gasteiger partial charge in [-0.05, 0) is 32.9 Å². The van der Waals surface area contributed by atoms with Crippen molar-refractivity contribution in [1.29, 1.82) is 0 Å². The van der Waals surface area contributed by atoms with Crippen molar-refractivity contribution in [3.63, 3.8) is 0 Å². The molecule has 1 aliphatic rings. The van der Waals surface area contributed by atoms with E-state index < -0.39 is 0 Å². The van der Waals surface area contributed by atoms with Crippen LogP contribution < -0.4 is 10.3 Å². The largest absolute Gasteiger partial charge is 0.491 e. The predicted molar refractivity (Wildman–Crippen MR) is 104 cm³/mol. The first kappa shape index (κ1) is 19.9. The number of hydrogen-bond donors (Lipinski definition) is 1. The monoisotopic (exact) mass is 359 g/mol. The summed E-state index contributed by atoms with van der Waals surface area (Å²) in [5.41, 5.74) is 4.78. The maximum Gasteiger partial charge on any atom is 0.132 e. The van der Waals surface area contributed by atoms with E-state index >= 15 is 0 Å². The Balaban J connectivity index is 2.24. The fourth-order valence-electron chi connectivity index (χ4n) is 2.35. The quantitative estimate of drug-likeness (QED) is 0.806. The van der Waals surface area contributed by atoms with Crippen molar-refractivity contribution in [2.75, 3.05) is 32.2 Å². The number of methoxy groups -OCH3 is 1. The van der Waals surface area contributed by atoms with Gasteiger partial charge in [-0.3, -0.25) is 0 Å². The Morgan fingerprint density at radius 2 is 2.15 bits per heavy atom. The highest BCUT2D eigenvalue weighted by Gasteiger charge is 2.12. The predicted octanol–water partition coefficient (Wildman–Crippen LogP) is 2.51. The number of likely N-dealkylation sites (N-methyl/N-ethyl adjacent to an activating group) is 1. The molecule has 1 aromatic rings. The van der Waals surface area contributed by atoms with Crippen LogP contribution in [0.3, 0.4) is 0 Å². The van der Waals surface area contributed by atoms with Gasteiger partial charge in [-0.15, -0.1) is 0 Å². The fourth-order valence-corrected chi connectivity index (χ4v) is 2.35. The molecule has 2 heterocycles. The second-order valence-corrected chi connectivity index (χ2v) is 6.49. The molecule has 1 N–H and O–H groups in total. The lowest BCUT2D eigenvalue weighted by atomic mass is 10.1. The molecule has 0 saturated heterocycles. The highest BCUT2D eigenvalue weighted by atomic mass is 16.5.